The second kappa shape index (κ2) is 7.41. The van der Waals surface area contributed by atoms with E-state index in [2.05, 4.69) is 9.97 Å². The van der Waals surface area contributed by atoms with Gasteiger partial charge in [0.1, 0.15) is 5.52 Å². The van der Waals surface area contributed by atoms with Crippen LogP contribution in [-0.2, 0) is 21.2 Å². The SMILES string of the molecule is CCOC(=O)Oc1c[nH]c2c(=O)[nH]c3ccc(S(=O)(=O)N4CCc5ccccc54)cc3c12. The second-order valence-electron chi connectivity index (χ2n) is 7.31. The van der Waals surface area contributed by atoms with Crippen LogP contribution in [-0.4, -0.2) is 37.7 Å². The van der Waals surface area contributed by atoms with Gasteiger partial charge in [0.15, 0.2) is 5.75 Å². The first-order valence-electron chi connectivity index (χ1n) is 10.0. The van der Waals surface area contributed by atoms with Gasteiger partial charge in [-0.15, -0.1) is 0 Å². The van der Waals surface area contributed by atoms with E-state index >= 15 is 0 Å². The van der Waals surface area contributed by atoms with Crippen LogP contribution in [0, 0.1) is 0 Å². The minimum absolute atomic E-state index is 0.0679. The van der Waals surface area contributed by atoms with E-state index < -0.39 is 21.7 Å². The predicted molar refractivity (Wildman–Crippen MR) is 119 cm³/mol. The molecular formula is C22H19N3O6S. The second-order valence-corrected chi connectivity index (χ2v) is 9.17. The van der Waals surface area contributed by atoms with Gasteiger partial charge in [0.25, 0.3) is 15.6 Å². The summed E-state index contributed by atoms with van der Waals surface area (Å²) in [5.74, 6) is 0.0793. The van der Waals surface area contributed by atoms with E-state index in [0.29, 0.717) is 34.9 Å². The molecule has 0 radical (unpaired) electrons. The number of para-hydroxylation sites is 1. The summed E-state index contributed by atoms with van der Waals surface area (Å²) in [6, 6.07) is 11.9. The molecule has 2 aromatic carbocycles. The molecule has 0 saturated heterocycles. The zero-order chi connectivity index (χ0) is 22.5. The Morgan fingerprint density at radius 2 is 2.00 bits per heavy atom. The number of nitrogens with zero attached hydrogens (tertiary/aromatic N) is 1. The number of ether oxygens (including phenoxy) is 2. The number of H-pyrrole nitrogens is 2. The number of pyridine rings is 1. The third-order valence-corrected chi connectivity index (χ3v) is 7.28. The van der Waals surface area contributed by atoms with Gasteiger partial charge in [-0.3, -0.25) is 9.10 Å². The molecule has 2 N–H and O–H groups in total. The van der Waals surface area contributed by atoms with Crippen molar-refractivity contribution >= 4 is 43.7 Å². The number of nitrogens with one attached hydrogen (secondary N) is 2. The van der Waals surface area contributed by atoms with E-state index in [1.807, 2.05) is 12.1 Å². The number of carbonyl (C=O) groups excluding carboxylic acids is 1. The number of anilines is 1. The van der Waals surface area contributed by atoms with Crippen molar-refractivity contribution in [3.05, 3.63) is 64.6 Å². The van der Waals surface area contributed by atoms with Gasteiger partial charge in [-0.25, -0.2) is 13.2 Å². The number of hydrogen-bond donors (Lipinski definition) is 2. The van der Waals surface area contributed by atoms with Gasteiger partial charge < -0.3 is 19.4 Å². The monoisotopic (exact) mass is 453 g/mol. The van der Waals surface area contributed by atoms with Gasteiger partial charge in [0, 0.05) is 23.6 Å². The maximum Gasteiger partial charge on any atom is 0.513 e. The first-order chi connectivity index (χ1) is 15.4. The summed E-state index contributed by atoms with van der Waals surface area (Å²) >= 11 is 0. The highest BCUT2D eigenvalue weighted by Gasteiger charge is 2.31. The lowest BCUT2D eigenvalue weighted by Gasteiger charge is -2.20. The molecule has 1 aliphatic heterocycles. The smallest absolute Gasteiger partial charge is 0.434 e. The fourth-order valence-electron chi connectivity index (χ4n) is 4.04. The molecule has 9 nitrogen and oxygen atoms in total. The Hall–Kier alpha value is -3.79. The van der Waals surface area contributed by atoms with Crippen LogP contribution in [0.2, 0.25) is 0 Å². The predicted octanol–water partition coefficient (Wildman–Crippen LogP) is 3.30. The number of rotatable bonds is 4. The lowest BCUT2D eigenvalue weighted by atomic mass is 10.1. The van der Waals surface area contributed by atoms with E-state index in [0.717, 1.165) is 5.56 Å². The highest BCUT2D eigenvalue weighted by Crippen LogP contribution is 2.35. The lowest BCUT2D eigenvalue weighted by Crippen LogP contribution is -2.29. The molecule has 0 atom stereocenters. The summed E-state index contributed by atoms with van der Waals surface area (Å²) in [7, 11) is -3.85. The molecule has 0 aliphatic carbocycles. The summed E-state index contributed by atoms with van der Waals surface area (Å²) in [6.45, 7) is 2.12. The van der Waals surface area contributed by atoms with Crippen LogP contribution < -0.4 is 14.6 Å². The van der Waals surface area contributed by atoms with E-state index in [9.17, 15) is 18.0 Å². The normalized spacial score (nSPS) is 13.5. The molecular weight excluding hydrogens is 434 g/mol. The van der Waals surface area contributed by atoms with E-state index in [-0.39, 0.29) is 22.8 Å². The molecule has 0 unspecified atom stereocenters. The molecule has 0 amide bonds. The van der Waals surface area contributed by atoms with Crippen molar-refractivity contribution in [3.63, 3.8) is 0 Å². The fraction of sp³-hybridized carbons (Fsp3) is 0.182. The highest BCUT2D eigenvalue weighted by molar-refractivity contribution is 7.92. The van der Waals surface area contributed by atoms with Crippen molar-refractivity contribution in [1.29, 1.82) is 0 Å². The van der Waals surface area contributed by atoms with Crippen LogP contribution in [0.25, 0.3) is 21.8 Å². The minimum Gasteiger partial charge on any atom is -0.434 e. The Bertz CT molecular complexity index is 1540. The van der Waals surface area contributed by atoms with Gasteiger partial charge in [0.2, 0.25) is 0 Å². The number of sulfonamides is 1. The molecule has 4 aromatic rings. The molecule has 2 aromatic heterocycles. The summed E-state index contributed by atoms with van der Waals surface area (Å²) < 4.78 is 38.4. The summed E-state index contributed by atoms with van der Waals surface area (Å²) in [4.78, 5) is 29.9. The number of benzene rings is 2. The highest BCUT2D eigenvalue weighted by atomic mass is 32.2. The third kappa shape index (κ3) is 3.11. The van der Waals surface area contributed by atoms with Crippen LogP contribution in [0.3, 0.4) is 0 Å². The minimum atomic E-state index is -3.85. The van der Waals surface area contributed by atoms with Crippen LogP contribution in [0.15, 0.2) is 58.4 Å². The maximum absolute atomic E-state index is 13.5. The Kier molecular flexibility index (Phi) is 4.66. The third-order valence-electron chi connectivity index (χ3n) is 5.47. The maximum atomic E-state index is 13.5. The Balaban J connectivity index is 1.67. The summed E-state index contributed by atoms with van der Waals surface area (Å²) in [5.41, 5.74) is 1.79. The van der Waals surface area contributed by atoms with E-state index in [1.54, 1.807) is 19.1 Å². The van der Waals surface area contributed by atoms with Crippen LogP contribution >= 0.6 is 0 Å². The van der Waals surface area contributed by atoms with Crippen molar-refractivity contribution in [2.24, 2.45) is 0 Å². The standard InChI is InChI=1S/C22H19N3O6S/c1-2-30-22(27)31-18-12-23-20-19(18)15-11-14(7-8-16(15)24-21(20)26)32(28,29)25-10-9-13-5-3-4-6-17(13)25/h3-8,11-12,23H,2,9-10H2,1H3,(H,24,26). The number of carbonyl (C=O) groups is 1. The topological polar surface area (TPSA) is 122 Å². The Labute approximate surface area is 182 Å². The van der Waals surface area contributed by atoms with Crippen molar-refractivity contribution in [1.82, 2.24) is 9.97 Å². The van der Waals surface area contributed by atoms with Crippen LogP contribution in [0.4, 0.5) is 10.5 Å². The average Bonchev–Trinajstić information content (AvgIpc) is 3.39. The van der Waals surface area contributed by atoms with Crippen molar-refractivity contribution in [2.75, 3.05) is 17.5 Å². The zero-order valence-corrected chi connectivity index (χ0v) is 17.9. The van der Waals surface area contributed by atoms with Crippen molar-refractivity contribution < 1.29 is 22.7 Å². The Morgan fingerprint density at radius 3 is 2.81 bits per heavy atom. The largest absolute Gasteiger partial charge is 0.513 e. The molecule has 164 valence electrons. The quantitative estimate of drug-likeness (QED) is 0.457. The number of aromatic amines is 2. The number of fused-ring (bicyclic) bond motifs is 4. The zero-order valence-electron chi connectivity index (χ0n) is 17.0. The molecule has 3 heterocycles. The first kappa shape index (κ1) is 20.1. The molecule has 10 heteroatoms. The van der Waals surface area contributed by atoms with E-state index in [4.69, 9.17) is 9.47 Å². The molecule has 5 rings (SSSR count). The fourth-order valence-corrected chi connectivity index (χ4v) is 5.57. The Morgan fingerprint density at radius 1 is 1.19 bits per heavy atom. The van der Waals surface area contributed by atoms with E-state index in [1.165, 1.54) is 28.7 Å². The number of aromatic nitrogens is 2. The van der Waals surface area contributed by atoms with Gasteiger partial charge >= 0.3 is 6.16 Å². The van der Waals surface area contributed by atoms with Gasteiger partial charge in [-0.2, -0.15) is 0 Å². The first-order valence-corrected chi connectivity index (χ1v) is 11.5. The van der Waals surface area contributed by atoms with Crippen LogP contribution in [0.1, 0.15) is 12.5 Å². The lowest BCUT2D eigenvalue weighted by molar-refractivity contribution is 0.105. The molecule has 0 fully saturated rings. The van der Waals surface area contributed by atoms with Gasteiger partial charge in [-0.1, -0.05) is 18.2 Å². The molecule has 0 saturated carbocycles. The average molecular weight is 453 g/mol. The van der Waals surface area contributed by atoms with Crippen LogP contribution in [0.5, 0.6) is 5.75 Å². The number of hydrogen-bond acceptors (Lipinski definition) is 6. The van der Waals surface area contributed by atoms with Crippen molar-refractivity contribution in [2.45, 2.75) is 18.2 Å². The molecule has 32 heavy (non-hydrogen) atoms. The molecule has 0 bridgehead atoms. The molecule has 0 spiro atoms. The summed E-state index contributed by atoms with van der Waals surface area (Å²) in [6.07, 6.45) is 1.09. The summed E-state index contributed by atoms with van der Waals surface area (Å²) in [5, 5.41) is 0.726. The molecule has 1 aliphatic rings. The van der Waals surface area contributed by atoms with Gasteiger partial charge in [-0.05, 0) is 43.2 Å². The van der Waals surface area contributed by atoms with Gasteiger partial charge in [0.05, 0.1) is 22.6 Å². The van der Waals surface area contributed by atoms with Crippen molar-refractivity contribution in [3.8, 4) is 5.75 Å².